The van der Waals surface area contributed by atoms with Gasteiger partial charge in [-0.2, -0.15) is 5.10 Å². The molecule has 3 heterocycles. The molecule has 8 nitrogen and oxygen atoms in total. The summed E-state index contributed by atoms with van der Waals surface area (Å²) in [5.41, 5.74) is 1.19. The van der Waals surface area contributed by atoms with Crippen LogP contribution in [-0.2, 0) is 11.3 Å². The number of fused-ring (bicyclic) bond motifs is 1. The lowest BCUT2D eigenvalue weighted by atomic mass is 10.2. The van der Waals surface area contributed by atoms with Crippen molar-refractivity contribution in [1.29, 1.82) is 0 Å². The highest BCUT2D eigenvalue weighted by Crippen LogP contribution is 2.14. The number of amides is 1. The third-order valence-corrected chi connectivity index (χ3v) is 3.54. The maximum absolute atomic E-state index is 12.6. The van der Waals surface area contributed by atoms with E-state index >= 15 is 0 Å². The van der Waals surface area contributed by atoms with Crippen LogP contribution in [0.5, 0.6) is 0 Å². The summed E-state index contributed by atoms with van der Waals surface area (Å²) in [5, 5.41) is 6.99. The maximum Gasteiger partial charge on any atom is 0.291 e. The second-order valence-electron chi connectivity index (χ2n) is 5.89. The van der Waals surface area contributed by atoms with Crippen LogP contribution in [0.15, 0.2) is 35.6 Å². The van der Waals surface area contributed by atoms with Crippen LogP contribution in [0.25, 0.3) is 5.52 Å². The fourth-order valence-corrected chi connectivity index (χ4v) is 2.48. The predicted molar refractivity (Wildman–Crippen MR) is 100 cm³/mol. The topological polar surface area (TPSA) is 94.2 Å². The quantitative estimate of drug-likeness (QED) is 0.774. The SMILES string of the molecule is CC.Cc1cc2c(=O)n(CC(=O)Nc3ccncn3)nc(C(C)C)n2c1. The van der Waals surface area contributed by atoms with Gasteiger partial charge in [-0.25, -0.2) is 14.6 Å². The van der Waals surface area contributed by atoms with Crippen molar-refractivity contribution in [3.63, 3.8) is 0 Å². The van der Waals surface area contributed by atoms with E-state index in [0.717, 1.165) is 11.4 Å². The van der Waals surface area contributed by atoms with Crippen molar-refractivity contribution < 1.29 is 4.79 Å². The molecule has 0 unspecified atom stereocenters. The lowest BCUT2D eigenvalue weighted by Gasteiger charge is -2.12. The minimum Gasteiger partial charge on any atom is -0.309 e. The van der Waals surface area contributed by atoms with Crippen LogP contribution in [0.4, 0.5) is 5.82 Å². The van der Waals surface area contributed by atoms with Crippen molar-refractivity contribution in [2.75, 3.05) is 5.32 Å². The summed E-state index contributed by atoms with van der Waals surface area (Å²) in [6.45, 7) is 9.73. The molecule has 0 aromatic carbocycles. The third-order valence-electron chi connectivity index (χ3n) is 3.54. The van der Waals surface area contributed by atoms with Crippen molar-refractivity contribution in [1.82, 2.24) is 24.1 Å². The van der Waals surface area contributed by atoms with Gasteiger partial charge in [-0.1, -0.05) is 27.7 Å². The summed E-state index contributed by atoms with van der Waals surface area (Å²) in [4.78, 5) is 32.5. The number of nitrogens with zero attached hydrogens (tertiary/aromatic N) is 5. The first kappa shape index (κ1) is 19.3. The molecule has 0 fully saturated rings. The van der Waals surface area contributed by atoms with Crippen LogP contribution >= 0.6 is 0 Å². The van der Waals surface area contributed by atoms with E-state index in [0.29, 0.717) is 11.3 Å². The molecule has 0 radical (unpaired) electrons. The van der Waals surface area contributed by atoms with Crippen molar-refractivity contribution in [2.45, 2.75) is 47.1 Å². The molecule has 1 amide bonds. The van der Waals surface area contributed by atoms with E-state index in [4.69, 9.17) is 0 Å². The molecule has 0 atom stereocenters. The van der Waals surface area contributed by atoms with Crippen LogP contribution in [0.3, 0.4) is 0 Å². The summed E-state index contributed by atoms with van der Waals surface area (Å²) in [6, 6.07) is 3.38. The lowest BCUT2D eigenvalue weighted by Crippen LogP contribution is -2.32. The molecule has 0 bridgehead atoms. The van der Waals surface area contributed by atoms with Crippen LogP contribution in [0.1, 0.15) is 45.0 Å². The fourth-order valence-electron chi connectivity index (χ4n) is 2.48. The Morgan fingerprint density at radius 2 is 2.04 bits per heavy atom. The van der Waals surface area contributed by atoms with Gasteiger partial charge in [0.25, 0.3) is 5.56 Å². The molecule has 0 spiro atoms. The van der Waals surface area contributed by atoms with Crippen LogP contribution in [0.2, 0.25) is 0 Å². The number of aromatic nitrogens is 5. The van der Waals surface area contributed by atoms with E-state index in [1.54, 1.807) is 16.5 Å². The van der Waals surface area contributed by atoms with Crippen molar-refractivity contribution in [2.24, 2.45) is 0 Å². The molecule has 0 saturated heterocycles. The smallest absolute Gasteiger partial charge is 0.291 e. The van der Waals surface area contributed by atoms with Crippen LogP contribution in [-0.4, -0.2) is 30.1 Å². The monoisotopic (exact) mass is 356 g/mol. The molecule has 3 aromatic heterocycles. The zero-order valence-electron chi connectivity index (χ0n) is 15.7. The molecule has 3 rings (SSSR count). The van der Waals surface area contributed by atoms with Crippen molar-refractivity contribution >= 4 is 17.2 Å². The summed E-state index contributed by atoms with van der Waals surface area (Å²) >= 11 is 0. The number of anilines is 1. The average Bonchev–Trinajstić information content (AvgIpc) is 3.01. The molecule has 1 N–H and O–H groups in total. The van der Waals surface area contributed by atoms with Gasteiger partial charge in [0, 0.05) is 18.3 Å². The third kappa shape index (κ3) is 4.14. The average molecular weight is 356 g/mol. The van der Waals surface area contributed by atoms with Gasteiger partial charge < -0.3 is 5.32 Å². The highest BCUT2D eigenvalue weighted by atomic mass is 16.2. The van der Waals surface area contributed by atoms with E-state index in [9.17, 15) is 9.59 Å². The summed E-state index contributed by atoms with van der Waals surface area (Å²) in [5.74, 6) is 0.848. The zero-order valence-corrected chi connectivity index (χ0v) is 15.7. The number of carbonyl (C=O) groups is 1. The molecule has 26 heavy (non-hydrogen) atoms. The fraction of sp³-hybridized carbons (Fsp3) is 0.389. The van der Waals surface area contributed by atoms with E-state index in [1.165, 1.54) is 17.2 Å². The van der Waals surface area contributed by atoms with Gasteiger partial charge >= 0.3 is 0 Å². The van der Waals surface area contributed by atoms with Gasteiger partial charge in [-0.3, -0.25) is 14.0 Å². The molecule has 138 valence electrons. The Morgan fingerprint density at radius 1 is 1.31 bits per heavy atom. The zero-order chi connectivity index (χ0) is 19.3. The predicted octanol–water partition coefficient (Wildman–Crippen LogP) is 2.38. The van der Waals surface area contributed by atoms with Crippen LogP contribution < -0.4 is 10.9 Å². The molecule has 8 heteroatoms. The number of hydrogen-bond donors (Lipinski definition) is 1. The summed E-state index contributed by atoms with van der Waals surface area (Å²) in [7, 11) is 0. The van der Waals surface area contributed by atoms with E-state index in [-0.39, 0.29) is 23.9 Å². The molecule has 0 aliphatic heterocycles. The Hall–Kier alpha value is -3.03. The minimum absolute atomic E-state index is 0.107. The summed E-state index contributed by atoms with van der Waals surface area (Å²) in [6.07, 6.45) is 4.75. The van der Waals surface area contributed by atoms with Gasteiger partial charge in [0.05, 0.1) is 0 Å². The second kappa shape index (κ2) is 8.37. The Kier molecular flexibility index (Phi) is 6.21. The Balaban J connectivity index is 0.00000117. The van der Waals surface area contributed by atoms with Crippen molar-refractivity contribution in [3.8, 4) is 0 Å². The van der Waals surface area contributed by atoms with Gasteiger partial charge in [-0.15, -0.1) is 0 Å². The van der Waals surface area contributed by atoms with E-state index in [1.807, 2.05) is 40.8 Å². The van der Waals surface area contributed by atoms with Gasteiger partial charge in [-0.05, 0) is 24.6 Å². The Bertz CT molecular complexity index is 943. The first-order chi connectivity index (χ1) is 12.5. The highest BCUT2D eigenvalue weighted by molar-refractivity contribution is 5.89. The number of hydrogen-bond acceptors (Lipinski definition) is 5. The van der Waals surface area contributed by atoms with Crippen LogP contribution in [0, 0.1) is 6.92 Å². The number of nitrogens with one attached hydrogen (secondary N) is 1. The van der Waals surface area contributed by atoms with Gasteiger partial charge in [0.1, 0.15) is 30.0 Å². The lowest BCUT2D eigenvalue weighted by molar-refractivity contribution is -0.117. The van der Waals surface area contributed by atoms with Gasteiger partial charge in [0.15, 0.2) is 0 Å². The molecule has 3 aromatic rings. The van der Waals surface area contributed by atoms with E-state index < -0.39 is 0 Å². The second-order valence-corrected chi connectivity index (χ2v) is 5.89. The van der Waals surface area contributed by atoms with E-state index in [2.05, 4.69) is 20.4 Å². The molecule has 0 aliphatic carbocycles. The molecular formula is C18H24N6O2. The molecule has 0 saturated carbocycles. The first-order valence-electron chi connectivity index (χ1n) is 8.61. The van der Waals surface area contributed by atoms with Gasteiger partial charge in [0.2, 0.25) is 5.91 Å². The first-order valence-corrected chi connectivity index (χ1v) is 8.61. The maximum atomic E-state index is 12.6. The Labute approximate surface area is 151 Å². The number of aryl methyl sites for hydroxylation is 1. The van der Waals surface area contributed by atoms with Crippen molar-refractivity contribution in [3.05, 3.63) is 52.6 Å². The molecular weight excluding hydrogens is 332 g/mol. The number of carbonyl (C=O) groups excluding carboxylic acids is 1. The Morgan fingerprint density at radius 3 is 2.65 bits per heavy atom. The molecule has 0 aliphatic rings. The number of rotatable bonds is 4. The standard InChI is InChI=1S/C16H18N6O2.C2H6/c1-10(2)15-20-22(16(24)12-6-11(3)7-21(12)15)8-14(23)19-13-4-5-17-9-18-13;1-2/h4-7,9-10H,8H2,1-3H3,(H,17,18,19,23);1-2H3. The normalized spacial score (nSPS) is 10.5. The highest BCUT2D eigenvalue weighted by Gasteiger charge is 2.15. The largest absolute Gasteiger partial charge is 0.309 e. The summed E-state index contributed by atoms with van der Waals surface area (Å²) < 4.78 is 2.99. The minimum atomic E-state index is -0.370.